The number of allylic oxidation sites excluding steroid dienone is 1. The first kappa shape index (κ1) is 8.34. The summed E-state index contributed by atoms with van der Waals surface area (Å²) in [5.74, 6) is 0.324. The second-order valence-electron chi connectivity index (χ2n) is 2.12. The molecule has 0 heterocycles. The van der Waals surface area contributed by atoms with Gasteiger partial charge in [-0.25, -0.2) is 0 Å². The van der Waals surface area contributed by atoms with Gasteiger partial charge in [0.2, 0.25) is 0 Å². The van der Waals surface area contributed by atoms with Gasteiger partial charge in [-0.15, -0.1) is 0 Å². The van der Waals surface area contributed by atoms with Gasteiger partial charge < -0.3 is 5.11 Å². The fraction of sp³-hybridized carbons (Fsp3) is 0.111. The molecule has 2 heteroatoms. The van der Waals surface area contributed by atoms with Crippen LogP contribution >= 0.6 is 15.9 Å². The van der Waals surface area contributed by atoms with Crippen LogP contribution in [0.25, 0.3) is 6.08 Å². The van der Waals surface area contributed by atoms with Gasteiger partial charge in [0, 0.05) is 10.9 Å². The van der Waals surface area contributed by atoms with Gasteiger partial charge in [-0.3, -0.25) is 0 Å². The average Bonchev–Trinajstić information content (AvgIpc) is 2.03. The number of phenols is 1. The number of benzene rings is 1. The van der Waals surface area contributed by atoms with Crippen LogP contribution in [-0.2, 0) is 0 Å². The van der Waals surface area contributed by atoms with Crippen molar-refractivity contribution in [2.75, 3.05) is 5.33 Å². The van der Waals surface area contributed by atoms with Crippen LogP contribution in [0, 0.1) is 0 Å². The quantitative estimate of drug-likeness (QED) is 0.749. The predicted molar refractivity (Wildman–Crippen MR) is 50.9 cm³/mol. The van der Waals surface area contributed by atoms with Gasteiger partial charge in [0.15, 0.2) is 0 Å². The number of aromatic hydroxyl groups is 1. The lowest BCUT2D eigenvalue weighted by Gasteiger charge is -1.95. The van der Waals surface area contributed by atoms with Crippen molar-refractivity contribution in [1.29, 1.82) is 0 Å². The number of phenolic OH excluding ortho intramolecular Hbond substituents is 1. The maximum Gasteiger partial charge on any atom is 0.122 e. The van der Waals surface area contributed by atoms with Crippen LogP contribution in [0.15, 0.2) is 30.3 Å². The molecule has 0 spiro atoms. The molecule has 0 atom stereocenters. The maximum atomic E-state index is 9.27. The van der Waals surface area contributed by atoms with Crippen LogP contribution in [0.4, 0.5) is 0 Å². The largest absolute Gasteiger partial charge is 0.507 e. The van der Waals surface area contributed by atoms with Crippen molar-refractivity contribution in [3.8, 4) is 5.75 Å². The Morgan fingerprint density at radius 2 is 2.09 bits per heavy atom. The molecule has 0 aliphatic heterocycles. The van der Waals surface area contributed by atoms with Crippen molar-refractivity contribution in [3.05, 3.63) is 35.9 Å². The third-order valence-electron chi connectivity index (χ3n) is 1.32. The van der Waals surface area contributed by atoms with E-state index in [0.717, 1.165) is 10.9 Å². The van der Waals surface area contributed by atoms with E-state index < -0.39 is 0 Å². The molecule has 0 bridgehead atoms. The normalized spacial score (nSPS) is 10.6. The van der Waals surface area contributed by atoms with Gasteiger partial charge in [0.05, 0.1) is 0 Å². The molecule has 0 saturated heterocycles. The smallest absolute Gasteiger partial charge is 0.122 e. The molecule has 1 nitrogen and oxygen atoms in total. The minimum atomic E-state index is 0.324. The summed E-state index contributed by atoms with van der Waals surface area (Å²) in [5.41, 5.74) is 0.854. The highest BCUT2D eigenvalue weighted by Crippen LogP contribution is 2.16. The summed E-state index contributed by atoms with van der Waals surface area (Å²) < 4.78 is 0. The summed E-state index contributed by atoms with van der Waals surface area (Å²) in [4.78, 5) is 0. The Hall–Kier alpha value is -0.760. The van der Waals surface area contributed by atoms with Crippen LogP contribution in [0.1, 0.15) is 5.56 Å². The summed E-state index contributed by atoms with van der Waals surface area (Å²) >= 11 is 3.26. The number of halogens is 1. The van der Waals surface area contributed by atoms with Gasteiger partial charge in [-0.1, -0.05) is 46.3 Å². The Bertz CT molecular complexity index is 255. The van der Waals surface area contributed by atoms with Crippen LogP contribution in [0.5, 0.6) is 5.75 Å². The molecule has 0 amide bonds. The summed E-state index contributed by atoms with van der Waals surface area (Å²) in [7, 11) is 0. The molecule has 11 heavy (non-hydrogen) atoms. The maximum absolute atomic E-state index is 9.27. The summed E-state index contributed by atoms with van der Waals surface area (Å²) in [5, 5.41) is 10.1. The van der Waals surface area contributed by atoms with Gasteiger partial charge in [-0.05, 0) is 6.07 Å². The van der Waals surface area contributed by atoms with Crippen LogP contribution < -0.4 is 0 Å². The van der Waals surface area contributed by atoms with Crippen molar-refractivity contribution in [1.82, 2.24) is 0 Å². The van der Waals surface area contributed by atoms with Crippen LogP contribution in [-0.4, -0.2) is 10.4 Å². The zero-order chi connectivity index (χ0) is 8.10. The number of rotatable bonds is 2. The fourth-order valence-electron chi connectivity index (χ4n) is 0.800. The van der Waals surface area contributed by atoms with E-state index in [0.29, 0.717) is 5.75 Å². The SMILES string of the molecule is Oc1ccccc1/C=C/CBr. The van der Waals surface area contributed by atoms with Gasteiger partial charge in [0.25, 0.3) is 0 Å². The van der Waals surface area contributed by atoms with E-state index in [4.69, 9.17) is 0 Å². The zero-order valence-corrected chi connectivity index (χ0v) is 7.58. The molecule has 1 rings (SSSR count). The minimum absolute atomic E-state index is 0.324. The average molecular weight is 213 g/mol. The predicted octanol–water partition coefficient (Wildman–Crippen LogP) is 2.80. The third-order valence-corrected chi connectivity index (χ3v) is 1.70. The molecule has 0 aliphatic carbocycles. The summed E-state index contributed by atoms with van der Waals surface area (Å²) in [6, 6.07) is 7.25. The Morgan fingerprint density at radius 3 is 2.73 bits per heavy atom. The Kier molecular flexibility index (Phi) is 3.17. The number of para-hydroxylation sites is 1. The molecule has 1 aromatic carbocycles. The van der Waals surface area contributed by atoms with Crippen molar-refractivity contribution in [3.63, 3.8) is 0 Å². The lowest BCUT2D eigenvalue weighted by Crippen LogP contribution is -1.72. The first-order chi connectivity index (χ1) is 5.34. The number of alkyl halides is 1. The zero-order valence-electron chi connectivity index (χ0n) is 6.00. The van der Waals surface area contributed by atoms with Gasteiger partial charge in [0.1, 0.15) is 5.75 Å². The summed E-state index contributed by atoms with van der Waals surface area (Å²) in [6.45, 7) is 0. The first-order valence-electron chi connectivity index (χ1n) is 3.35. The molecule has 0 saturated carbocycles. The monoisotopic (exact) mass is 212 g/mol. The van der Waals surface area contributed by atoms with Crippen molar-refractivity contribution in [2.24, 2.45) is 0 Å². The molecule has 1 aromatic rings. The van der Waals surface area contributed by atoms with E-state index in [9.17, 15) is 5.11 Å². The van der Waals surface area contributed by atoms with Crippen molar-refractivity contribution < 1.29 is 5.11 Å². The molecule has 0 unspecified atom stereocenters. The van der Waals surface area contributed by atoms with Gasteiger partial charge in [-0.2, -0.15) is 0 Å². The van der Waals surface area contributed by atoms with E-state index in [-0.39, 0.29) is 0 Å². The topological polar surface area (TPSA) is 20.2 Å². The molecule has 58 valence electrons. The van der Waals surface area contributed by atoms with E-state index in [1.54, 1.807) is 12.1 Å². The van der Waals surface area contributed by atoms with E-state index >= 15 is 0 Å². The highest BCUT2D eigenvalue weighted by molar-refractivity contribution is 9.09. The standard InChI is InChI=1S/C9H9BrO/c10-7-3-5-8-4-1-2-6-9(8)11/h1-6,11H,7H2/b5-3+. The number of hydrogen-bond donors (Lipinski definition) is 1. The molecule has 0 aromatic heterocycles. The summed E-state index contributed by atoms with van der Waals surface area (Å²) in [6.07, 6.45) is 3.82. The molecule has 1 N–H and O–H groups in total. The van der Waals surface area contributed by atoms with Crippen molar-refractivity contribution in [2.45, 2.75) is 0 Å². The van der Waals surface area contributed by atoms with Crippen LogP contribution in [0.2, 0.25) is 0 Å². The fourth-order valence-corrected chi connectivity index (χ4v) is 0.987. The highest BCUT2D eigenvalue weighted by Gasteiger charge is 1.91. The van der Waals surface area contributed by atoms with Gasteiger partial charge >= 0.3 is 0 Å². The minimum Gasteiger partial charge on any atom is -0.507 e. The number of hydrogen-bond acceptors (Lipinski definition) is 1. The molecule has 0 aliphatic rings. The van der Waals surface area contributed by atoms with E-state index in [1.165, 1.54) is 0 Å². The lowest BCUT2D eigenvalue weighted by molar-refractivity contribution is 0.474. The Morgan fingerprint density at radius 1 is 1.36 bits per heavy atom. The molecule has 0 fully saturated rings. The lowest BCUT2D eigenvalue weighted by atomic mass is 10.2. The first-order valence-corrected chi connectivity index (χ1v) is 4.47. The Balaban J connectivity index is 2.86. The highest BCUT2D eigenvalue weighted by atomic mass is 79.9. The second-order valence-corrected chi connectivity index (χ2v) is 2.76. The van der Waals surface area contributed by atoms with Crippen LogP contribution in [0.3, 0.4) is 0 Å². The molecule has 0 radical (unpaired) electrons. The molecular weight excluding hydrogens is 204 g/mol. The second kappa shape index (κ2) is 4.19. The van der Waals surface area contributed by atoms with E-state index in [1.807, 2.05) is 24.3 Å². The third kappa shape index (κ3) is 2.39. The molecular formula is C9H9BrO. The van der Waals surface area contributed by atoms with E-state index in [2.05, 4.69) is 15.9 Å². The van der Waals surface area contributed by atoms with Crippen molar-refractivity contribution >= 4 is 22.0 Å². The Labute approximate surface area is 74.5 Å².